The molecule has 0 heterocycles. The van der Waals surface area contributed by atoms with Crippen molar-refractivity contribution in [2.24, 2.45) is 0 Å². The first-order valence-corrected chi connectivity index (χ1v) is 7.27. The van der Waals surface area contributed by atoms with Gasteiger partial charge < -0.3 is 10.4 Å². The Labute approximate surface area is 125 Å². The maximum absolute atomic E-state index is 11.9. The largest absolute Gasteiger partial charge is 0.479 e. The number of halogens is 1. The van der Waals surface area contributed by atoms with E-state index in [0.29, 0.717) is 6.42 Å². The number of carboxylic acids is 1. The van der Waals surface area contributed by atoms with E-state index in [4.69, 9.17) is 0 Å². The van der Waals surface area contributed by atoms with E-state index < -0.39 is 11.5 Å². The summed E-state index contributed by atoms with van der Waals surface area (Å²) in [7, 11) is 0. The Bertz CT molecular complexity index is 671. The number of carboxylic acid groups (broad SMARTS) is 1. The third kappa shape index (κ3) is 2.10. The van der Waals surface area contributed by atoms with Gasteiger partial charge in [0.25, 0.3) is 0 Å². The number of anilines is 1. The first kappa shape index (κ1) is 13.2. The zero-order chi connectivity index (χ0) is 14.2. The van der Waals surface area contributed by atoms with Crippen molar-refractivity contribution in [2.45, 2.75) is 18.4 Å². The summed E-state index contributed by atoms with van der Waals surface area (Å²) in [4.78, 5) is 11.9. The summed E-state index contributed by atoms with van der Waals surface area (Å²) < 4.78 is 0.925. The zero-order valence-corrected chi connectivity index (χ0v) is 12.4. The smallest absolute Gasteiger partial charge is 0.334 e. The number of aryl methyl sites for hydroxylation is 1. The second-order valence-electron chi connectivity index (χ2n) is 5.00. The van der Waals surface area contributed by atoms with Crippen LogP contribution in [0, 0.1) is 0 Å². The fourth-order valence-electron chi connectivity index (χ4n) is 2.83. The summed E-state index contributed by atoms with van der Waals surface area (Å²) in [6.07, 6.45) is 1.34. The summed E-state index contributed by atoms with van der Waals surface area (Å²) in [5.41, 5.74) is 1.75. The van der Waals surface area contributed by atoms with Crippen molar-refractivity contribution >= 4 is 27.6 Å². The predicted octanol–water partition coefficient (Wildman–Crippen LogP) is 3.79. The lowest BCUT2D eigenvalue weighted by atomic mass is 9.91. The third-order valence-electron chi connectivity index (χ3n) is 3.79. The van der Waals surface area contributed by atoms with Gasteiger partial charge in [0.2, 0.25) is 0 Å². The Morgan fingerprint density at radius 1 is 1.20 bits per heavy atom. The molecule has 2 aromatic rings. The highest BCUT2D eigenvalue weighted by atomic mass is 79.9. The van der Waals surface area contributed by atoms with Gasteiger partial charge in [0.15, 0.2) is 5.54 Å². The lowest BCUT2D eigenvalue weighted by Gasteiger charge is -2.28. The van der Waals surface area contributed by atoms with Crippen LogP contribution in [0.2, 0.25) is 0 Å². The van der Waals surface area contributed by atoms with Crippen molar-refractivity contribution < 1.29 is 9.90 Å². The molecule has 1 atom stereocenters. The molecule has 20 heavy (non-hydrogen) atoms. The number of fused-ring (bicyclic) bond motifs is 1. The molecule has 0 amide bonds. The minimum Gasteiger partial charge on any atom is -0.479 e. The van der Waals surface area contributed by atoms with E-state index in [1.54, 1.807) is 0 Å². The second kappa shape index (κ2) is 4.94. The summed E-state index contributed by atoms with van der Waals surface area (Å²) in [5.74, 6) is -0.831. The van der Waals surface area contributed by atoms with Gasteiger partial charge in [0, 0.05) is 10.2 Å². The Hall–Kier alpha value is -1.81. The number of benzene rings is 2. The van der Waals surface area contributed by atoms with Gasteiger partial charge in [-0.15, -0.1) is 0 Å². The molecular formula is C16H14BrNO2. The van der Waals surface area contributed by atoms with Crippen LogP contribution in [0.5, 0.6) is 0 Å². The molecule has 1 aliphatic carbocycles. The number of hydrogen-bond acceptors (Lipinski definition) is 2. The van der Waals surface area contributed by atoms with Crippen LogP contribution in [0.15, 0.2) is 53.0 Å². The maximum Gasteiger partial charge on any atom is 0.334 e. The predicted molar refractivity (Wildman–Crippen MR) is 81.8 cm³/mol. The minimum atomic E-state index is -1.03. The molecular weight excluding hydrogens is 318 g/mol. The fourth-order valence-corrected chi connectivity index (χ4v) is 3.23. The molecule has 1 aliphatic rings. The number of carbonyl (C=O) groups is 1. The highest BCUT2D eigenvalue weighted by Gasteiger charge is 2.45. The Morgan fingerprint density at radius 3 is 2.75 bits per heavy atom. The van der Waals surface area contributed by atoms with Crippen molar-refractivity contribution in [3.63, 3.8) is 0 Å². The lowest BCUT2D eigenvalue weighted by molar-refractivity contribution is -0.142. The molecule has 0 spiro atoms. The standard InChI is InChI=1S/C16H14BrNO2/c17-12-5-3-6-13(10-12)18-16(15(19)20)9-8-11-4-1-2-7-14(11)16/h1-7,10,18H,8-9H2,(H,19,20). The van der Waals surface area contributed by atoms with E-state index in [0.717, 1.165) is 27.7 Å². The zero-order valence-electron chi connectivity index (χ0n) is 10.8. The van der Waals surface area contributed by atoms with Crippen LogP contribution in [0.25, 0.3) is 0 Å². The Balaban J connectivity index is 2.05. The van der Waals surface area contributed by atoms with Crippen molar-refractivity contribution in [1.29, 1.82) is 0 Å². The molecule has 0 aromatic heterocycles. The molecule has 0 saturated heterocycles. The van der Waals surface area contributed by atoms with Gasteiger partial charge in [0.1, 0.15) is 0 Å². The van der Waals surface area contributed by atoms with Crippen LogP contribution in [0.1, 0.15) is 17.5 Å². The SMILES string of the molecule is O=C(O)C1(Nc2cccc(Br)c2)CCc2ccccc21. The molecule has 0 fully saturated rings. The average Bonchev–Trinajstić information content (AvgIpc) is 2.79. The minimum absolute atomic E-state index is 0.564. The molecule has 3 nitrogen and oxygen atoms in total. The van der Waals surface area contributed by atoms with E-state index >= 15 is 0 Å². The Kier molecular flexibility index (Phi) is 3.26. The molecule has 0 radical (unpaired) electrons. The van der Waals surface area contributed by atoms with Crippen LogP contribution in [-0.2, 0) is 16.8 Å². The summed E-state index contributed by atoms with van der Waals surface area (Å²) in [6.45, 7) is 0. The summed E-state index contributed by atoms with van der Waals surface area (Å²) in [6, 6.07) is 15.3. The quantitative estimate of drug-likeness (QED) is 0.899. The van der Waals surface area contributed by atoms with Crippen LogP contribution in [0.4, 0.5) is 5.69 Å². The topological polar surface area (TPSA) is 49.3 Å². The van der Waals surface area contributed by atoms with E-state index in [1.165, 1.54) is 0 Å². The fraction of sp³-hybridized carbons (Fsp3) is 0.188. The van der Waals surface area contributed by atoms with E-state index in [9.17, 15) is 9.90 Å². The number of aliphatic carboxylic acids is 1. The van der Waals surface area contributed by atoms with Crippen LogP contribution < -0.4 is 5.32 Å². The maximum atomic E-state index is 11.9. The van der Waals surface area contributed by atoms with Gasteiger partial charge in [-0.3, -0.25) is 0 Å². The molecule has 102 valence electrons. The van der Waals surface area contributed by atoms with Crippen molar-refractivity contribution in [3.05, 3.63) is 64.1 Å². The van der Waals surface area contributed by atoms with Crippen LogP contribution in [-0.4, -0.2) is 11.1 Å². The highest BCUT2D eigenvalue weighted by molar-refractivity contribution is 9.10. The lowest BCUT2D eigenvalue weighted by Crippen LogP contribution is -2.41. The van der Waals surface area contributed by atoms with Gasteiger partial charge in [-0.25, -0.2) is 4.79 Å². The summed E-state index contributed by atoms with van der Waals surface area (Å²) >= 11 is 3.41. The third-order valence-corrected chi connectivity index (χ3v) is 4.29. The average molecular weight is 332 g/mol. The molecule has 0 saturated carbocycles. The van der Waals surface area contributed by atoms with E-state index in [2.05, 4.69) is 21.2 Å². The molecule has 4 heteroatoms. The van der Waals surface area contributed by atoms with E-state index in [-0.39, 0.29) is 0 Å². The molecule has 0 bridgehead atoms. The number of rotatable bonds is 3. The molecule has 0 aliphatic heterocycles. The molecule has 1 unspecified atom stereocenters. The van der Waals surface area contributed by atoms with Crippen molar-refractivity contribution in [2.75, 3.05) is 5.32 Å². The first-order valence-electron chi connectivity index (χ1n) is 6.47. The molecule has 3 rings (SSSR count). The van der Waals surface area contributed by atoms with Crippen molar-refractivity contribution in [1.82, 2.24) is 0 Å². The van der Waals surface area contributed by atoms with E-state index in [1.807, 2.05) is 48.5 Å². The van der Waals surface area contributed by atoms with Crippen LogP contribution in [0.3, 0.4) is 0 Å². The normalized spacial score (nSPS) is 20.4. The monoisotopic (exact) mass is 331 g/mol. The molecule has 2 N–H and O–H groups in total. The summed E-state index contributed by atoms with van der Waals surface area (Å²) in [5, 5.41) is 13.0. The van der Waals surface area contributed by atoms with Gasteiger partial charge in [0.05, 0.1) is 0 Å². The van der Waals surface area contributed by atoms with Gasteiger partial charge >= 0.3 is 5.97 Å². The van der Waals surface area contributed by atoms with Crippen LogP contribution >= 0.6 is 15.9 Å². The van der Waals surface area contributed by atoms with Gasteiger partial charge in [-0.1, -0.05) is 46.3 Å². The van der Waals surface area contributed by atoms with Gasteiger partial charge in [-0.05, 0) is 42.2 Å². The van der Waals surface area contributed by atoms with Crippen molar-refractivity contribution in [3.8, 4) is 0 Å². The first-order chi connectivity index (χ1) is 9.62. The number of hydrogen-bond donors (Lipinski definition) is 2. The molecule has 2 aromatic carbocycles. The number of nitrogens with one attached hydrogen (secondary N) is 1. The highest BCUT2D eigenvalue weighted by Crippen LogP contribution is 2.40. The van der Waals surface area contributed by atoms with Gasteiger partial charge in [-0.2, -0.15) is 0 Å². The Morgan fingerprint density at radius 2 is 2.00 bits per heavy atom. The second-order valence-corrected chi connectivity index (χ2v) is 5.92.